The summed E-state index contributed by atoms with van der Waals surface area (Å²) in [5.74, 6) is -0.890. The van der Waals surface area contributed by atoms with Gasteiger partial charge in [-0.15, -0.1) is 0 Å². The van der Waals surface area contributed by atoms with Crippen LogP contribution in [0, 0.1) is 0 Å². The summed E-state index contributed by atoms with van der Waals surface area (Å²) in [6, 6.07) is 0. The highest BCUT2D eigenvalue weighted by Crippen LogP contribution is 2.06. The molecular formula is C5H6N2O3. The van der Waals surface area contributed by atoms with Gasteiger partial charge in [0, 0.05) is 7.05 Å². The predicted molar refractivity (Wildman–Crippen MR) is 31.6 cm³/mol. The molecule has 0 radical (unpaired) electrons. The number of nitrogens with one attached hydrogen (secondary N) is 1. The fourth-order valence-electron chi connectivity index (χ4n) is 0.476. The quantitative estimate of drug-likeness (QED) is 0.566. The highest BCUT2D eigenvalue weighted by Gasteiger charge is 2.09. The van der Waals surface area contributed by atoms with E-state index >= 15 is 0 Å². The normalized spacial score (nSPS) is 9.30. The molecule has 0 fully saturated rings. The standard InChI is InChI=1S/C5H6N2O3/c1-6-4(9)5-7-3(8)2-10-5/h2,8H,1H3,(H,6,9). The molecule has 2 N–H and O–H groups in total. The molecule has 10 heavy (non-hydrogen) atoms. The van der Waals surface area contributed by atoms with E-state index in [9.17, 15) is 4.79 Å². The number of aromatic hydroxyl groups is 1. The summed E-state index contributed by atoms with van der Waals surface area (Å²) in [5, 5.41) is 10.9. The van der Waals surface area contributed by atoms with Gasteiger partial charge in [0.2, 0.25) is 0 Å². The van der Waals surface area contributed by atoms with Gasteiger partial charge in [-0.2, -0.15) is 4.98 Å². The van der Waals surface area contributed by atoms with E-state index in [-0.39, 0.29) is 11.8 Å². The van der Waals surface area contributed by atoms with Gasteiger partial charge in [-0.3, -0.25) is 4.79 Å². The highest BCUT2D eigenvalue weighted by molar-refractivity contribution is 5.89. The van der Waals surface area contributed by atoms with Gasteiger partial charge in [-0.25, -0.2) is 0 Å². The van der Waals surface area contributed by atoms with Crippen molar-refractivity contribution in [1.82, 2.24) is 10.3 Å². The molecule has 1 aromatic rings. The van der Waals surface area contributed by atoms with Crippen LogP contribution >= 0.6 is 0 Å². The lowest BCUT2D eigenvalue weighted by molar-refractivity contribution is 0.0928. The largest absolute Gasteiger partial charge is 0.491 e. The molecule has 5 heteroatoms. The molecule has 0 aliphatic rings. The maximum atomic E-state index is 10.6. The van der Waals surface area contributed by atoms with Crippen LogP contribution in [0.2, 0.25) is 0 Å². The smallest absolute Gasteiger partial charge is 0.307 e. The Balaban J connectivity index is 2.85. The number of carbonyl (C=O) groups excluding carboxylic acids is 1. The molecule has 5 nitrogen and oxygen atoms in total. The van der Waals surface area contributed by atoms with Crippen LogP contribution in [0.5, 0.6) is 5.88 Å². The van der Waals surface area contributed by atoms with Gasteiger partial charge in [-0.05, 0) is 0 Å². The van der Waals surface area contributed by atoms with Crippen LogP contribution in [0.15, 0.2) is 10.7 Å². The van der Waals surface area contributed by atoms with E-state index in [4.69, 9.17) is 5.11 Å². The molecule has 0 saturated carbocycles. The lowest BCUT2D eigenvalue weighted by Crippen LogP contribution is -2.17. The van der Waals surface area contributed by atoms with Crippen molar-refractivity contribution in [1.29, 1.82) is 0 Å². The summed E-state index contributed by atoms with van der Waals surface area (Å²) in [4.78, 5) is 14.0. The molecule has 0 aliphatic heterocycles. The van der Waals surface area contributed by atoms with Gasteiger partial charge in [-0.1, -0.05) is 0 Å². The molecule has 0 aliphatic carbocycles. The van der Waals surface area contributed by atoms with Crippen LogP contribution < -0.4 is 5.32 Å². The Labute approximate surface area is 56.7 Å². The van der Waals surface area contributed by atoms with Crippen molar-refractivity contribution >= 4 is 5.91 Å². The minimum absolute atomic E-state index is 0.139. The second kappa shape index (κ2) is 2.38. The van der Waals surface area contributed by atoms with E-state index in [1.165, 1.54) is 7.05 Å². The lowest BCUT2D eigenvalue weighted by atomic mass is 10.6. The first-order valence-electron chi connectivity index (χ1n) is 2.60. The van der Waals surface area contributed by atoms with Gasteiger partial charge < -0.3 is 14.8 Å². The van der Waals surface area contributed by atoms with Gasteiger partial charge >= 0.3 is 5.91 Å². The van der Waals surface area contributed by atoms with E-state index in [1.54, 1.807) is 0 Å². The van der Waals surface area contributed by atoms with E-state index in [0.717, 1.165) is 6.26 Å². The summed E-state index contributed by atoms with van der Waals surface area (Å²) >= 11 is 0. The Morgan fingerprint density at radius 3 is 3.00 bits per heavy atom. The molecule has 0 unspecified atom stereocenters. The van der Waals surface area contributed by atoms with Crippen LogP contribution in [-0.2, 0) is 0 Å². The maximum Gasteiger partial charge on any atom is 0.307 e. The summed E-state index contributed by atoms with van der Waals surface area (Å²) < 4.78 is 4.54. The molecule has 0 aromatic carbocycles. The van der Waals surface area contributed by atoms with Crippen molar-refractivity contribution in [2.45, 2.75) is 0 Å². The Kier molecular flexibility index (Phi) is 1.57. The molecular weight excluding hydrogens is 136 g/mol. The van der Waals surface area contributed by atoms with E-state index in [2.05, 4.69) is 14.7 Å². The Morgan fingerprint density at radius 1 is 1.90 bits per heavy atom. The molecule has 0 saturated heterocycles. The van der Waals surface area contributed by atoms with Gasteiger partial charge in [0.25, 0.3) is 11.8 Å². The summed E-state index contributed by atoms with van der Waals surface area (Å²) in [6.07, 6.45) is 0.991. The minimum atomic E-state index is -0.458. The SMILES string of the molecule is CNC(=O)c1nc(O)co1. The van der Waals surface area contributed by atoms with Crippen LogP contribution in [0.4, 0.5) is 0 Å². The first-order valence-corrected chi connectivity index (χ1v) is 2.60. The van der Waals surface area contributed by atoms with Crippen molar-refractivity contribution in [2.24, 2.45) is 0 Å². The van der Waals surface area contributed by atoms with Crippen molar-refractivity contribution in [3.63, 3.8) is 0 Å². The number of amides is 1. The number of aromatic nitrogens is 1. The Bertz CT molecular complexity index is 243. The van der Waals surface area contributed by atoms with E-state index in [1.807, 2.05) is 0 Å². The van der Waals surface area contributed by atoms with E-state index < -0.39 is 5.91 Å². The third-order valence-electron chi connectivity index (χ3n) is 0.913. The molecule has 0 spiro atoms. The topological polar surface area (TPSA) is 75.4 Å². The van der Waals surface area contributed by atoms with Crippen molar-refractivity contribution in [3.05, 3.63) is 12.2 Å². The van der Waals surface area contributed by atoms with Gasteiger partial charge in [0.1, 0.15) is 0 Å². The fraction of sp³-hybridized carbons (Fsp3) is 0.200. The van der Waals surface area contributed by atoms with Crippen LogP contribution in [0.1, 0.15) is 10.7 Å². The third-order valence-corrected chi connectivity index (χ3v) is 0.913. The number of carbonyl (C=O) groups is 1. The predicted octanol–water partition coefficient (Wildman–Crippen LogP) is -0.260. The molecule has 54 valence electrons. The second-order valence-corrected chi connectivity index (χ2v) is 1.59. The third kappa shape index (κ3) is 1.07. The zero-order valence-electron chi connectivity index (χ0n) is 5.29. The minimum Gasteiger partial charge on any atom is -0.491 e. The number of nitrogens with zero attached hydrogens (tertiary/aromatic N) is 1. The van der Waals surface area contributed by atoms with Crippen molar-refractivity contribution < 1.29 is 14.3 Å². The molecule has 1 amide bonds. The molecule has 0 atom stereocenters. The highest BCUT2D eigenvalue weighted by atomic mass is 16.4. The van der Waals surface area contributed by atoms with Crippen LogP contribution in [-0.4, -0.2) is 23.0 Å². The number of rotatable bonds is 1. The second-order valence-electron chi connectivity index (χ2n) is 1.59. The summed E-state index contributed by atoms with van der Waals surface area (Å²) in [6.45, 7) is 0. The maximum absolute atomic E-state index is 10.6. The number of hydrogen-bond donors (Lipinski definition) is 2. The fourth-order valence-corrected chi connectivity index (χ4v) is 0.476. The van der Waals surface area contributed by atoms with E-state index in [0.29, 0.717) is 0 Å². The summed E-state index contributed by atoms with van der Waals surface area (Å²) in [7, 11) is 1.45. The first kappa shape index (κ1) is 6.60. The average Bonchev–Trinajstić information content (AvgIpc) is 2.34. The van der Waals surface area contributed by atoms with Crippen molar-refractivity contribution in [3.8, 4) is 5.88 Å². The van der Waals surface area contributed by atoms with Crippen LogP contribution in [0.25, 0.3) is 0 Å². The van der Waals surface area contributed by atoms with Gasteiger partial charge in [0.05, 0.1) is 0 Å². The molecule has 1 heterocycles. The zero-order valence-corrected chi connectivity index (χ0v) is 5.29. The average molecular weight is 142 g/mol. The Hall–Kier alpha value is -1.52. The lowest BCUT2D eigenvalue weighted by Gasteiger charge is -1.88. The van der Waals surface area contributed by atoms with Crippen LogP contribution in [0.3, 0.4) is 0 Å². The summed E-state index contributed by atoms with van der Waals surface area (Å²) in [5.41, 5.74) is 0. The molecule has 0 bridgehead atoms. The zero-order chi connectivity index (χ0) is 7.56. The van der Waals surface area contributed by atoms with Gasteiger partial charge in [0.15, 0.2) is 6.26 Å². The first-order chi connectivity index (χ1) is 4.74. The molecule has 1 rings (SSSR count). The Morgan fingerprint density at radius 2 is 2.60 bits per heavy atom. The number of oxazole rings is 1. The number of hydrogen-bond acceptors (Lipinski definition) is 4. The molecule has 1 aromatic heterocycles. The van der Waals surface area contributed by atoms with Crippen molar-refractivity contribution in [2.75, 3.05) is 7.05 Å². The monoisotopic (exact) mass is 142 g/mol.